The van der Waals surface area contributed by atoms with Crippen LogP contribution in [0.3, 0.4) is 0 Å². The number of nitrogens with zero attached hydrogens (tertiary/aromatic N) is 3. The molecule has 0 saturated carbocycles. The molecular formula is C19H26N4OS2. The summed E-state index contributed by atoms with van der Waals surface area (Å²) < 4.78 is 0.831. The number of benzene rings is 1. The molecule has 5 nitrogen and oxygen atoms in total. The molecule has 3 rings (SSSR count). The van der Waals surface area contributed by atoms with E-state index in [0.29, 0.717) is 11.8 Å². The molecular weight excluding hydrogens is 364 g/mol. The normalized spacial score (nSPS) is 17.3. The minimum atomic E-state index is 0.207. The Morgan fingerprint density at radius 2 is 2.23 bits per heavy atom. The van der Waals surface area contributed by atoms with Crippen molar-refractivity contribution in [2.24, 2.45) is 0 Å². The van der Waals surface area contributed by atoms with Crippen molar-refractivity contribution >= 4 is 39.8 Å². The fraction of sp³-hybridized carbons (Fsp3) is 0.526. The number of nitrogens with one attached hydrogen (secondary N) is 1. The molecule has 1 aliphatic heterocycles. The van der Waals surface area contributed by atoms with Gasteiger partial charge in [-0.05, 0) is 50.7 Å². The van der Waals surface area contributed by atoms with Crippen molar-refractivity contribution in [3.63, 3.8) is 0 Å². The number of likely N-dealkylation sites (tertiary alicyclic amines) is 1. The summed E-state index contributed by atoms with van der Waals surface area (Å²) in [6.45, 7) is 7.27. The van der Waals surface area contributed by atoms with Crippen LogP contribution >= 0.6 is 23.1 Å². The molecule has 2 heterocycles. The Balaban J connectivity index is 1.59. The molecule has 1 saturated heterocycles. The third-order valence-corrected chi connectivity index (χ3v) is 6.78. The molecule has 1 atom stereocenters. The third kappa shape index (κ3) is 4.57. The number of carbonyl (C=O) groups is 1. The summed E-state index contributed by atoms with van der Waals surface area (Å²) in [5.41, 5.74) is 3.58. The van der Waals surface area contributed by atoms with Gasteiger partial charge in [0.05, 0.1) is 5.75 Å². The lowest BCUT2D eigenvalue weighted by molar-refractivity contribution is -0.131. The molecule has 0 spiro atoms. The lowest BCUT2D eigenvalue weighted by Gasteiger charge is -2.33. The Morgan fingerprint density at radius 3 is 3.00 bits per heavy atom. The number of para-hydroxylation sites is 1. The lowest BCUT2D eigenvalue weighted by atomic mass is 10.0. The summed E-state index contributed by atoms with van der Waals surface area (Å²) in [6.07, 6.45) is 4.42. The van der Waals surface area contributed by atoms with Crippen molar-refractivity contribution in [2.75, 3.05) is 17.6 Å². The van der Waals surface area contributed by atoms with Crippen LogP contribution in [-0.2, 0) is 11.2 Å². The van der Waals surface area contributed by atoms with Gasteiger partial charge in [-0.25, -0.2) is 0 Å². The van der Waals surface area contributed by atoms with Gasteiger partial charge in [-0.3, -0.25) is 4.79 Å². The van der Waals surface area contributed by atoms with E-state index in [2.05, 4.69) is 54.5 Å². The fourth-order valence-electron chi connectivity index (χ4n) is 3.30. The van der Waals surface area contributed by atoms with E-state index in [1.807, 2.05) is 4.90 Å². The van der Waals surface area contributed by atoms with Gasteiger partial charge in [0.25, 0.3) is 0 Å². The first-order valence-corrected chi connectivity index (χ1v) is 11.0. The van der Waals surface area contributed by atoms with Crippen LogP contribution in [0.2, 0.25) is 0 Å². The average molecular weight is 391 g/mol. The first kappa shape index (κ1) is 19.2. The monoisotopic (exact) mass is 390 g/mol. The molecule has 7 heteroatoms. The van der Waals surface area contributed by atoms with E-state index >= 15 is 0 Å². The van der Waals surface area contributed by atoms with Gasteiger partial charge in [0.2, 0.25) is 11.0 Å². The van der Waals surface area contributed by atoms with E-state index in [9.17, 15) is 4.79 Å². The van der Waals surface area contributed by atoms with Crippen LogP contribution in [0.5, 0.6) is 0 Å². The van der Waals surface area contributed by atoms with Crippen LogP contribution in [0.15, 0.2) is 22.5 Å². The van der Waals surface area contributed by atoms with Gasteiger partial charge >= 0.3 is 0 Å². The smallest absolute Gasteiger partial charge is 0.233 e. The molecule has 1 unspecified atom stereocenters. The second kappa shape index (κ2) is 8.86. The minimum absolute atomic E-state index is 0.207. The largest absolute Gasteiger partial charge is 0.339 e. The molecule has 0 bridgehead atoms. The van der Waals surface area contributed by atoms with Crippen LogP contribution in [0.25, 0.3) is 0 Å². The van der Waals surface area contributed by atoms with E-state index in [0.717, 1.165) is 41.0 Å². The van der Waals surface area contributed by atoms with Gasteiger partial charge in [-0.1, -0.05) is 48.2 Å². The van der Waals surface area contributed by atoms with Crippen LogP contribution in [0.1, 0.15) is 44.2 Å². The average Bonchev–Trinajstić information content (AvgIpc) is 3.09. The maximum Gasteiger partial charge on any atom is 0.233 e. The molecule has 1 aromatic carbocycles. The Kier molecular flexibility index (Phi) is 6.53. The predicted molar refractivity (Wildman–Crippen MR) is 109 cm³/mol. The highest BCUT2D eigenvalue weighted by Crippen LogP contribution is 2.31. The number of thioether (sulfide) groups is 1. The second-order valence-corrected chi connectivity index (χ2v) is 8.88. The van der Waals surface area contributed by atoms with Crippen molar-refractivity contribution < 1.29 is 4.79 Å². The molecule has 0 radical (unpaired) electrons. The number of hydrogen-bond acceptors (Lipinski definition) is 6. The molecule has 2 aromatic rings. The maximum atomic E-state index is 12.5. The number of hydrogen-bond donors (Lipinski definition) is 1. The fourth-order valence-corrected chi connectivity index (χ4v) is 4.94. The summed E-state index contributed by atoms with van der Waals surface area (Å²) in [4.78, 5) is 14.5. The number of aromatic nitrogens is 2. The van der Waals surface area contributed by atoms with Crippen molar-refractivity contribution in [3.05, 3.63) is 29.3 Å². The van der Waals surface area contributed by atoms with Crippen molar-refractivity contribution in [1.29, 1.82) is 0 Å². The Labute approximate surface area is 163 Å². The number of amides is 1. The van der Waals surface area contributed by atoms with E-state index < -0.39 is 0 Å². The molecule has 1 aliphatic rings. The van der Waals surface area contributed by atoms with Gasteiger partial charge in [0.15, 0.2) is 4.34 Å². The molecule has 1 aromatic heterocycles. The van der Waals surface area contributed by atoms with Crippen LogP contribution in [-0.4, -0.2) is 39.3 Å². The Hall–Kier alpha value is -1.60. The van der Waals surface area contributed by atoms with Crippen LogP contribution in [0.4, 0.5) is 10.8 Å². The van der Waals surface area contributed by atoms with Crippen molar-refractivity contribution in [1.82, 2.24) is 15.1 Å². The standard InChI is InChI=1S/C19H26N4OS2/c1-4-15-10-7-8-13(2)17(15)20-18-21-22-19(26-18)25-12-16(24)23-11-6-5-9-14(23)3/h7-8,10,14H,4-6,9,11-12H2,1-3H3,(H,20,21). The Bertz CT molecular complexity index is 762. The predicted octanol–water partition coefficient (Wildman–Crippen LogP) is 4.65. The quantitative estimate of drug-likeness (QED) is 0.728. The summed E-state index contributed by atoms with van der Waals surface area (Å²) in [6, 6.07) is 6.66. The number of rotatable bonds is 6. The van der Waals surface area contributed by atoms with E-state index in [1.54, 1.807) is 0 Å². The van der Waals surface area contributed by atoms with E-state index in [4.69, 9.17) is 0 Å². The molecule has 0 aliphatic carbocycles. The summed E-state index contributed by atoms with van der Waals surface area (Å²) in [5, 5.41) is 12.7. The number of aryl methyl sites for hydroxylation is 2. The van der Waals surface area contributed by atoms with Gasteiger partial charge in [0.1, 0.15) is 0 Å². The van der Waals surface area contributed by atoms with Gasteiger partial charge in [-0.15, -0.1) is 10.2 Å². The van der Waals surface area contributed by atoms with Crippen molar-refractivity contribution in [3.8, 4) is 0 Å². The summed E-state index contributed by atoms with van der Waals surface area (Å²) in [5.74, 6) is 0.642. The first-order chi connectivity index (χ1) is 12.6. The Morgan fingerprint density at radius 1 is 1.38 bits per heavy atom. The maximum absolute atomic E-state index is 12.5. The van der Waals surface area contributed by atoms with Crippen LogP contribution in [0, 0.1) is 6.92 Å². The van der Waals surface area contributed by atoms with Crippen molar-refractivity contribution in [2.45, 2.75) is 56.8 Å². The zero-order valence-electron chi connectivity index (χ0n) is 15.6. The molecule has 1 N–H and O–H groups in total. The topological polar surface area (TPSA) is 58.1 Å². The number of carbonyl (C=O) groups excluding carboxylic acids is 1. The van der Waals surface area contributed by atoms with Crippen LogP contribution < -0.4 is 5.32 Å². The highest BCUT2D eigenvalue weighted by atomic mass is 32.2. The summed E-state index contributed by atoms with van der Waals surface area (Å²) in [7, 11) is 0. The first-order valence-electron chi connectivity index (χ1n) is 9.19. The minimum Gasteiger partial charge on any atom is -0.339 e. The highest BCUT2D eigenvalue weighted by molar-refractivity contribution is 8.01. The SMILES string of the molecule is CCc1cccc(C)c1Nc1nnc(SCC(=O)N2CCCCC2C)s1. The molecule has 1 amide bonds. The van der Waals surface area contributed by atoms with E-state index in [1.165, 1.54) is 40.6 Å². The second-order valence-electron chi connectivity index (χ2n) is 6.68. The number of anilines is 2. The zero-order valence-corrected chi connectivity index (χ0v) is 17.3. The molecule has 1 fully saturated rings. The van der Waals surface area contributed by atoms with Gasteiger partial charge in [0, 0.05) is 18.3 Å². The van der Waals surface area contributed by atoms with Gasteiger partial charge < -0.3 is 10.2 Å². The highest BCUT2D eigenvalue weighted by Gasteiger charge is 2.23. The lowest BCUT2D eigenvalue weighted by Crippen LogP contribution is -2.42. The molecule has 26 heavy (non-hydrogen) atoms. The third-order valence-electron chi connectivity index (χ3n) is 4.82. The van der Waals surface area contributed by atoms with E-state index in [-0.39, 0.29) is 5.91 Å². The number of piperidine rings is 1. The zero-order chi connectivity index (χ0) is 18.5. The van der Waals surface area contributed by atoms with Gasteiger partial charge in [-0.2, -0.15) is 0 Å². The molecule has 140 valence electrons. The summed E-state index contributed by atoms with van der Waals surface area (Å²) >= 11 is 2.99.